The maximum Gasteiger partial charge on any atom is 0.272 e. The number of carbonyl (C=O) groups excluding carboxylic acids is 2. The van der Waals surface area contributed by atoms with Crippen LogP contribution in [0.2, 0.25) is 0 Å². The van der Waals surface area contributed by atoms with E-state index >= 15 is 0 Å². The van der Waals surface area contributed by atoms with Crippen molar-refractivity contribution >= 4 is 35.3 Å². The van der Waals surface area contributed by atoms with Crippen molar-refractivity contribution in [3.63, 3.8) is 0 Å². The molecule has 0 aliphatic carbocycles. The molecular weight excluding hydrogens is 559 g/mol. The van der Waals surface area contributed by atoms with E-state index in [2.05, 4.69) is 10.6 Å². The first-order chi connectivity index (χ1) is 21.0. The highest BCUT2D eigenvalue weighted by atomic mass is 32.2. The Labute approximate surface area is 254 Å². The van der Waals surface area contributed by atoms with E-state index in [0.29, 0.717) is 40.5 Å². The van der Waals surface area contributed by atoms with Crippen LogP contribution in [0.5, 0.6) is 5.75 Å². The summed E-state index contributed by atoms with van der Waals surface area (Å²) in [4.78, 5) is 27.3. The molecule has 0 bridgehead atoms. The van der Waals surface area contributed by atoms with E-state index in [-0.39, 0.29) is 11.5 Å². The number of anilines is 1. The number of nitrogens with one attached hydrogen (secondary N) is 2. The van der Waals surface area contributed by atoms with Crippen LogP contribution in [0.4, 0.5) is 10.1 Å². The van der Waals surface area contributed by atoms with Gasteiger partial charge in [-0.2, -0.15) is 0 Å². The predicted octanol–water partition coefficient (Wildman–Crippen LogP) is 8.11. The van der Waals surface area contributed by atoms with E-state index in [1.165, 1.54) is 17.8 Å². The van der Waals surface area contributed by atoms with Crippen LogP contribution >= 0.6 is 11.8 Å². The summed E-state index contributed by atoms with van der Waals surface area (Å²) in [7, 11) is 0. The van der Waals surface area contributed by atoms with Crippen molar-refractivity contribution in [2.24, 2.45) is 0 Å². The molecule has 0 aliphatic heterocycles. The van der Waals surface area contributed by atoms with E-state index in [9.17, 15) is 14.0 Å². The van der Waals surface area contributed by atoms with Gasteiger partial charge in [0.05, 0.1) is 0 Å². The Balaban J connectivity index is 1.27. The van der Waals surface area contributed by atoms with Gasteiger partial charge in [-0.3, -0.25) is 9.59 Å². The molecule has 0 unspecified atom stereocenters. The molecule has 214 valence electrons. The standard InChI is InChI=1S/C36H29FN2O3S/c37-33-14-8-7-13-29(33)25-43-32-21-17-30(18-22-32)38-36(41)34(39-35(40)28-11-5-2-6-12-28)23-26-15-19-31(20-16-26)42-24-27-9-3-1-4-10-27/h1-23H,24-25H2,(H,38,41)(H,39,40)/b34-23-. The van der Waals surface area contributed by atoms with E-state index < -0.39 is 11.8 Å². The van der Waals surface area contributed by atoms with Crippen LogP contribution in [0.1, 0.15) is 27.0 Å². The van der Waals surface area contributed by atoms with E-state index in [1.54, 1.807) is 54.6 Å². The van der Waals surface area contributed by atoms with Crippen LogP contribution in [0.3, 0.4) is 0 Å². The van der Waals surface area contributed by atoms with Crippen LogP contribution in [0.25, 0.3) is 6.08 Å². The molecule has 0 heterocycles. The predicted molar refractivity (Wildman–Crippen MR) is 170 cm³/mol. The maximum absolute atomic E-state index is 13.9. The first kappa shape index (κ1) is 29.4. The van der Waals surface area contributed by atoms with Gasteiger partial charge in [-0.1, -0.05) is 78.9 Å². The number of amides is 2. The summed E-state index contributed by atoms with van der Waals surface area (Å²) in [5.74, 6) is 0.0795. The van der Waals surface area contributed by atoms with Crippen LogP contribution in [-0.4, -0.2) is 11.8 Å². The molecule has 43 heavy (non-hydrogen) atoms. The molecule has 0 saturated heterocycles. The highest BCUT2D eigenvalue weighted by Gasteiger charge is 2.15. The monoisotopic (exact) mass is 588 g/mol. The summed E-state index contributed by atoms with van der Waals surface area (Å²) in [5, 5.41) is 5.62. The van der Waals surface area contributed by atoms with Crippen LogP contribution < -0.4 is 15.4 Å². The fourth-order valence-corrected chi connectivity index (χ4v) is 5.00. The number of hydrogen-bond acceptors (Lipinski definition) is 4. The molecular formula is C36H29FN2O3S. The number of rotatable bonds is 11. The lowest BCUT2D eigenvalue weighted by atomic mass is 10.1. The number of thioether (sulfide) groups is 1. The molecule has 5 aromatic rings. The Morgan fingerprint density at radius 3 is 2.09 bits per heavy atom. The summed E-state index contributed by atoms with van der Waals surface area (Å²) in [6, 6.07) is 39.8. The molecule has 0 atom stereocenters. The minimum absolute atomic E-state index is 0.0878. The average Bonchev–Trinajstić information content (AvgIpc) is 3.05. The van der Waals surface area contributed by atoms with Gasteiger partial charge in [-0.15, -0.1) is 11.8 Å². The molecule has 0 radical (unpaired) electrons. The zero-order valence-corrected chi connectivity index (χ0v) is 24.0. The lowest BCUT2D eigenvalue weighted by molar-refractivity contribution is -0.113. The van der Waals surface area contributed by atoms with Crippen molar-refractivity contribution in [1.29, 1.82) is 0 Å². The molecule has 2 N–H and O–H groups in total. The number of benzene rings is 5. The highest BCUT2D eigenvalue weighted by molar-refractivity contribution is 7.98. The quantitative estimate of drug-likeness (QED) is 0.121. The van der Waals surface area contributed by atoms with Crippen molar-refractivity contribution in [3.8, 4) is 5.75 Å². The van der Waals surface area contributed by atoms with Gasteiger partial charge in [0.2, 0.25) is 0 Å². The van der Waals surface area contributed by atoms with Crippen LogP contribution in [0, 0.1) is 5.82 Å². The van der Waals surface area contributed by atoms with Crippen molar-refractivity contribution in [3.05, 3.63) is 167 Å². The van der Waals surface area contributed by atoms with Crippen LogP contribution in [0.15, 0.2) is 144 Å². The minimum atomic E-state index is -0.472. The summed E-state index contributed by atoms with van der Waals surface area (Å²) in [6.45, 7) is 0.442. The van der Waals surface area contributed by atoms with Crippen molar-refractivity contribution in [2.45, 2.75) is 17.3 Å². The van der Waals surface area contributed by atoms with E-state index in [1.807, 2.05) is 78.9 Å². The number of ether oxygens (including phenoxy) is 1. The largest absolute Gasteiger partial charge is 0.489 e. The molecule has 0 aliphatic rings. The van der Waals surface area contributed by atoms with Gasteiger partial charge >= 0.3 is 0 Å². The van der Waals surface area contributed by atoms with E-state index in [4.69, 9.17) is 4.74 Å². The molecule has 7 heteroatoms. The molecule has 5 rings (SSSR count). The van der Waals surface area contributed by atoms with Crippen molar-refractivity contribution in [2.75, 3.05) is 5.32 Å². The van der Waals surface area contributed by atoms with Gasteiger partial charge in [0.1, 0.15) is 23.9 Å². The second-order valence-electron chi connectivity index (χ2n) is 9.58. The number of halogens is 1. The third kappa shape index (κ3) is 8.67. The normalized spacial score (nSPS) is 11.0. The molecule has 2 amide bonds. The smallest absolute Gasteiger partial charge is 0.272 e. The second kappa shape index (κ2) is 14.7. The molecule has 0 saturated carbocycles. The Bertz CT molecular complexity index is 1690. The zero-order chi connectivity index (χ0) is 29.9. The average molecular weight is 589 g/mol. The Morgan fingerprint density at radius 2 is 1.40 bits per heavy atom. The second-order valence-corrected chi connectivity index (χ2v) is 10.6. The Morgan fingerprint density at radius 1 is 0.744 bits per heavy atom. The van der Waals surface area contributed by atoms with Gasteiger partial charge < -0.3 is 15.4 Å². The maximum atomic E-state index is 13.9. The molecule has 0 spiro atoms. The SMILES string of the molecule is O=C(Nc1ccc(SCc2ccccc2F)cc1)/C(=C/c1ccc(OCc2ccccc2)cc1)NC(=O)c1ccccc1. The highest BCUT2D eigenvalue weighted by Crippen LogP contribution is 2.25. The third-order valence-electron chi connectivity index (χ3n) is 6.43. The summed E-state index contributed by atoms with van der Waals surface area (Å²) in [6.07, 6.45) is 1.62. The van der Waals surface area contributed by atoms with Gasteiger partial charge in [-0.25, -0.2) is 4.39 Å². The first-order valence-electron chi connectivity index (χ1n) is 13.7. The zero-order valence-electron chi connectivity index (χ0n) is 23.2. The Kier molecular flexibility index (Phi) is 10.0. The summed E-state index contributed by atoms with van der Waals surface area (Å²) in [5.41, 5.74) is 3.48. The topological polar surface area (TPSA) is 67.4 Å². The fraction of sp³-hybridized carbons (Fsp3) is 0.0556. The van der Waals surface area contributed by atoms with E-state index in [0.717, 1.165) is 10.5 Å². The van der Waals surface area contributed by atoms with Gasteiger partial charge in [0.25, 0.3) is 11.8 Å². The van der Waals surface area contributed by atoms with Crippen molar-refractivity contribution in [1.82, 2.24) is 5.32 Å². The molecule has 5 aromatic carbocycles. The van der Waals surface area contributed by atoms with Gasteiger partial charge in [0, 0.05) is 21.9 Å². The Hall–Kier alpha value is -5.14. The lowest BCUT2D eigenvalue weighted by Crippen LogP contribution is -2.30. The molecule has 0 aromatic heterocycles. The number of carbonyl (C=O) groups is 2. The molecule has 0 fully saturated rings. The van der Waals surface area contributed by atoms with Gasteiger partial charge in [-0.05, 0) is 77.4 Å². The fourth-order valence-electron chi connectivity index (χ4n) is 4.12. The molecule has 5 nitrogen and oxygen atoms in total. The lowest BCUT2D eigenvalue weighted by Gasteiger charge is -2.12. The van der Waals surface area contributed by atoms with Crippen LogP contribution in [-0.2, 0) is 17.2 Å². The summed E-state index contributed by atoms with van der Waals surface area (Å²) >= 11 is 1.50. The summed E-state index contributed by atoms with van der Waals surface area (Å²) < 4.78 is 19.8. The third-order valence-corrected chi connectivity index (χ3v) is 7.49. The minimum Gasteiger partial charge on any atom is -0.489 e. The first-order valence-corrected chi connectivity index (χ1v) is 14.6. The number of hydrogen-bond donors (Lipinski definition) is 2. The van der Waals surface area contributed by atoms with Crippen molar-refractivity contribution < 1.29 is 18.7 Å². The van der Waals surface area contributed by atoms with Gasteiger partial charge in [0.15, 0.2) is 0 Å².